The highest BCUT2D eigenvalue weighted by molar-refractivity contribution is 5.89. The zero-order chi connectivity index (χ0) is 15.9. The second-order valence-electron chi connectivity index (χ2n) is 7.45. The van der Waals surface area contributed by atoms with E-state index in [1.165, 1.54) is 73.9 Å². The quantitative estimate of drug-likeness (QED) is 0.902. The zero-order valence-corrected chi connectivity index (χ0v) is 14.5. The normalized spacial score (nSPS) is 27.8. The first-order chi connectivity index (χ1) is 11.2. The summed E-state index contributed by atoms with van der Waals surface area (Å²) in [6, 6.07) is 6.43. The Morgan fingerprint density at radius 2 is 2.13 bits per heavy atom. The lowest BCUT2D eigenvalue weighted by Crippen LogP contribution is -2.43. The second-order valence-corrected chi connectivity index (χ2v) is 7.45. The molecule has 0 spiro atoms. The lowest BCUT2D eigenvalue weighted by molar-refractivity contribution is 0.0789. The fourth-order valence-electron chi connectivity index (χ4n) is 4.80. The Kier molecular flexibility index (Phi) is 3.84. The van der Waals surface area contributed by atoms with Gasteiger partial charge in [-0.05, 0) is 62.1 Å². The van der Waals surface area contributed by atoms with Crippen LogP contribution in [0.1, 0.15) is 43.9 Å². The summed E-state index contributed by atoms with van der Waals surface area (Å²) in [5, 5.41) is 1.36. The van der Waals surface area contributed by atoms with Crippen LogP contribution in [0, 0.1) is 5.41 Å². The summed E-state index contributed by atoms with van der Waals surface area (Å²) in [5.41, 5.74) is 4.69. The van der Waals surface area contributed by atoms with Crippen molar-refractivity contribution in [3.05, 3.63) is 29.5 Å². The molecule has 2 aliphatic heterocycles. The predicted molar refractivity (Wildman–Crippen MR) is 95.3 cm³/mol. The SMILES string of the molecule is CCC12CCCN(CCc3c([nH]c4c(OC)cccc34)CC1)C2. The van der Waals surface area contributed by atoms with Crippen LogP contribution in [0.5, 0.6) is 5.75 Å². The average molecular weight is 312 g/mol. The third-order valence-electron chi connectivity index (χ3n) is 6.29. The van der Waals surface area contributed by atoms with Crippen molar-refractivity contribution in [2.45, 2.75) is 45.4 Å². The van der Waals surface area contributed by atoms with E-state index in [0.717, 1.165) is 12.2 Å². The summed E-state index contributed by atoms with van der Waals surface area (Å²) in [6.07, 6.45) is 7.72. The van der Waals surface area contributed by atoms with Crippen LogP contribution in [0.4, 0.5) is 0 Å². The van der Waals surface area contributed by atoms with Gasteiger partial charge in [-0.15, -0.1) is 0 Å². The van der Waals surface area contributed by atoms with E-state index in [0.29, 0.717) is 5.41 Å². The summed E-state index contributed by atoms with van der Waals surface area (Å²) in [6.45, 7) is 6.16. The largest absolute Gasteiger partial charge is 0.495 e. The number of nitrogens with zero attached hydrogens (tertiary/aromatic N) is 1. The summed E-state index contributed by atoms with van der Waals surface area (Å²) in [7, 11) is 1.76. The van der Waals surface area contributed by atoms with Crippen LogP contribution >= 0.6 is 0 Å². The number of benzene rings is 1. The van der Waals surface area contributed by atoms with Crippen LogP contribution in [-0.4, -0.2) is 36.6 Å². The third-order valence-corrected chi connectivity index (χ3v) is 6.29. The van der Waals surface area contributed by atoms with Crippen molar-refractivity contribution >= 4 is 10.9 Å². The number of fused-ring (bicyclic) bond motifs is 5. The van der Waals surface area contributed by atoms with Gasteiger partial charge in [0.1, 0.15) is 5.75 Å². The van der Waals surface area contributed by atoms with Gasteiger partial charge in [-0.1, -0.05) is 19.1 Å². The zero-order valence-electron chi connectivity index (χ0n) is 14.5. The number of aromatic amines is 1. The number of hydrogen-bond acceptors (Lipinski definition) is 2. The molecule has 1 fully saturated rings. The number of para-hydroxylation sites is 1. The maximum Gasteiger partial charge on any atom is 0.142 e. The third kappa shape index (κ3) is 2.55. The number of aromatic nitrogens is 1. The molecule has 2 unspecified atom stereocenters. The average Bonchev–Trinajstić information content (AvgIpc) is 2.97. The second kappa shape index (κ2) is 5.86. The molecule has 3 heteroatoms. The Morgan fingerprint density at radius 1 is 1.22 bits per heavy atom. The van der Waals surface area contributed by atoms with Crippen LogP contribution in [0.15, 0.2) is 18.2 Å². The van der Waals surface area contributed by atoms with E-state index in [1.807, 2.05) is 0 Å². The van der Waals surface area contributed by atoms with Crippen molar-refractivity contribution in [1.82, 2.24) is 9.88 Å². The van der Waals surface area contributed by atoms with Crippen LogP contribution in [-0.2, 0) is 12.8 Å². The molecular formula is C20H28N2O. The maximum atomic E-state index is 5.57. The minimum atomic E-state index is 0.529. The number of hydrogen-bond donors (Lipinski definition) is 1. The number of nitrogens with one attached hydrogen (secondary N) is 1. The first-order valence-electron chi connectivity index (χ1n) is 9.13. The number of methoxy groups -OCH3 is 1. The van der Waals surface area contributed by atoms with Gasteiger partial charge in [0.15, 0.2) is 0 Å². The van der Waals surface area contributed by atoms with Crippen LogP contribution in [0.25, 0.3) is 10.9 Å². The Labute approximate surface area is 139 Å². The topological polar surface area (TPSA) is 28.3 Å². The number of H-pyrrole nitrogens is 1. The highest BCUT2D eigenvalue weighted by Crippen LogP contribution is 2.40. The molecule has 2 bridgehead atoms. The van der Waals surface area contributed by atoms with Gasteiger partial charge in [-0.25, -0.2) is 0 Å². The molecule has 3 nitrogen and oxygen atoms in total. The van der Waals surface area contributed by atoms with E-state index in [1.54, 1.807) is 7.11 Å². The van der Waals surface area contributed by atoms with E-state index < -0.39 is 0 Å². The Hall–Kier alpha value is -1.48. The van der Waals surface area contributed by atoms with Crippen LogP contribution in [0.3, 0.4) is 0 Å². The molecule has 0 saturated carbocycles. The lowest BCUT2D eigenvalue weighted by atomic mass is 9.74. The molecule has 23 heavy (non-hydrogen) atoms. The molecule has 124 valence electrons. The summed E-state index contributed by atoms with van der Waals surface area (Å²) in [5.74, 6) is 0.970. The van der Waals surface area contributed by atoms with Gasteiger partial charge in [0.05, 0.1) is 12.6 Å². The molecule has 0 amide bonds. The Balaban J connectivity index is 1.77. The Morgan fingerprint density at radius 3 is 2.96 bits per heavy atom. The number of ether oxygens (including phenoxy) is 1. The highest BCUT2D eigenvalue weighted by Gasteiger charge is 2.35. The number of rotatable bonds is 2. The van der Waals surface area contributed by atoms with Gasteiger partial charge in [0.2, 0.25) is 0 Å². The molecule has 2 aromatic rings. The molecule has 0 aliphatic carbocycles. The number of aryl methyl sites for hydroxylation is 1. The minimum absolute atomic E-state index is 0.529. The van der Waals surface area contributed by atoms with Gasteiger partial charge in [-0.3, -0.25) is 0 Å². The maximum absolute atomic E-state index is 5.57. The Bertz CT molecular complexity index is 705. The molecule has 1 saturated heterocycles. The lowest BCUT2D eigenvalue weighted by Gasteiger charge is -2.42. The smallest absolute Gasteiger partial charge is 0.142 e. The first-order valence-corrected chi connectivity index (χ1v) is 9.13. The fourth-order valence-corrected chi connectivity index (χ4v) is 4.80. The van der Waals surface area contributed by atoms with E-state index in [2.05, 4.69) is 35.0 Å². The molecule has 1 aromatic carbocycles. The predicted octanol–water partition coefficient (Wildman–Crippen LogP) is 4.16. The first kappa shape index (κ1) is 15.1. The summed E-state index contributed by atoms with van der Waals surface area (Å²) >= 11 is 0. The minimum Gasteiger partial charge on any atom is -0.495 e. The van der Waals surface area contributed by atoms with Crippen LogP contribution < -0.4 is 4.74 Å². The fraction of sp³-hybridized carbons (Fsp3) is 0.600. The van der Waals surface area contributed by atoms with Crippen molar-refractivity contribution < 1.29 is 4.74 Å². The molecule has 0 radical (unpaired) electrons. The van der Waals surface area contributed by atoms with Crippen molar-refractivity contribution in [1.29, 1.82) is 0 Å². The van der Waals surface area contributed by atoms with Gasteiger partial charge in [-0.2, -0.15) is 0 Å². The van der Waals surface area contributed by atoms with Crippen molar-refractivity contribution in [2.24, 2.45) is 5.41 Å². The summed E-state index contributed by atoms with van der Waals surface area (Å²) in [4.78, 5) is 6.42. The number of piperidine rings is 1. The van der Waals surface area contributed by atoms with Crippen molar-refractivity contribution in [3.63, 3.8) is 0 Å². The van der Waals surface area contributed by atoms with Gasteiger partial charge < -0.3 is 14.6 Å². The molecule has 1 aromatic heterocycles. The van der Waals surface area contributed by atoms with E-state index in [4.69, 9.17) is 4.74 Å². The standard InChI is InChI=1S/C20H28N2O/c1-3-20-10-5-12-22(14-20)13-9-15-16-6-4-7-18(23-2)19(16)21-17(15)8-11-20/h4,6-7,21H,3,5,8-14H2,1-2H3. The molecular weight excluding hydrogens is 284 g/mol. The highest BCUT2D eigenvalue weighted by atomic mass is 16.5. The van der Waals surface area contributed by atoms with E-state index in [-0.39, 0.29) is 0 Å². The van der Waals surface area contributed by atoms with E-state index in [9.17, 15) is 0 Å². The van der Waals surface area contributed by atoms with Gasteiger partial charge >= 0.3 is 0 Å². The molecule has 2 atom stereocenters. The van der Waals surface area contributed by atoms with Gasteiger partial charge in [0, 0.05) is 24.2 Å². The van der Waals surface area contributed by atoms with Crippen LogP contribution in [0.2, 0.25) is 0 Å². The van der Waals surface area contributed by atoms with E-state index >= 15 is 0 Å². The molecule has 4 rings (SSSR count). The molecule has 1 N–H and O–H groups in total. The van der Waals surface area contributed by atoms with Crippen molar-refractivity contribution in [2.75, 3.05) is 26.7 Å². The van der Waals surface area contributed by atoms with Gasteiger partial charge in [0.25, 0.3) is 0 Å². The monoisotopic (exact) mass is 312 g/mol. The van der Waals surface area contributed by atoms with Crippen molar-refractivity contribution in [3.8, 4) is 5.75 Å². The summed E-state index contributed by atoms with van der Waals surface area (Å²) < 4.78 is 5.57. The molecule has 3 heterocycles. The molecule has 2 aliphatic rings.